The fraction of sp³-hybridized carbons (Fsp3) is 0.0833. The van der Waals surface area contributed by atoms with Gasteiger partial charge in [-0.1, -0.05) is 0 Å². The van der Waals surface area contributed by atoms with Crippen LogP contribution in [-0.4, -0.2) is 12.1 Å². The van der Waals surface area contributed by atoms with E-state index in [0.29, 0.717) is 22.6 Å². The van der Waals surface area contributed by atoms with Gasteiger partial charge in [0, 0.05) is 17.3 Å². The quantitative estimate of drug-likeness (QED) is 0.842. The fourth-order valence-corrected chi connectivity index (χ4v) is 1.54. The van der Waals surface area contributed by atoms with Crippen molar-refractivity contribution >= 4 is 5.69 Å². The zero-order valence-corrected chi connectivity index (χ0v) is 8.77. The van der Waals surface area contributed by atoms with E-state index in [1.165, 1.54) is 25.4 Å². The molecule has 16 heavy (non-hydrogen) atoms. The van der Waals surface area contributed by atoms with Crippen LogP contribution in [0.1, 0.15) is 0 Å². The van der Waals surface area contributed by atoms with E-state index in [4.69, 9.17) is 10.5 Å². The summed E-state index contributed by atoms with van der Waals surface area (Å²) in [5, 5.41) is 0. The third kappa shape index (κ3) is 1.82. The number of nitrogens with two attached hydrogens (primary N) is 1. The number of hydrogen-bond acceptors (Lipinski definition) is 3. The molecule has 4 heteroatoms. The van der Waals surface area contributed by atoms with Gasteiger partial charge in [0.25, 0.3) is 0 Å². The SMILES string of the molecule is COc1ccc(F)cc1-c1ccncc1N. The summed E-state index contributed by atoms with van der Waals surface area (Å²) in [6.07, 6.45) is 3.13. The second kappa shape index (κ2) is 4.18. The van der Waals surface area contributed by atoms with Gasteiger partial charge in [-0.3, -0.25) is 4.98 Å². The molecule has 0 bridgehead atoms. The molecule has 1 aromatic carbocycles. The third-order valence-corrected chi connectivity index (χ3v) is 2.30. The molecule has 0 saturated heterocycles. The minimum Gasteiger partial charge on any atom is -0.496 e. The molecule has 0 radical (unpaired) electrons. The molecule has 3 nitrogen and oxygen atoms in total. The van der Waals surface area contributed by atoms with Crippen molar-refractivity contribution in [2.75, 3.05) is 12.8 Å². The Hall–Kier alpha value is -2.10. The highest BCUT2D eigenvalue weighted by Crippen LogP contribution is 2.33. The van der Waals surface area contributed by atoms with Gasteiger partial charge in [-0.15, -0.1) is 0 Å². The van der Waals surface area contributed by atoms with E-state index in [2.05, 4.69) is 4.98 Å². The largest absolute Gasteiger partial charge is 0.496 e. The predicted molar refractivity (Wildman–Crippen MR) is 60.6 cm³/mol. The van der Waals surface area contributed by atoms with Gasteiger partial charge in [0.2, 0.25) is 0 Å². The maximum Gasteiger partial charge on any atom is 0.126 e. The molecule has 0 aliphatic rings. The summed E-state index contributed by atoms with van der Waals surface area (Å²) in [5.41, 5.74) is 7.62. The van der Waals surface area contributed by atoms with Crippen molar-refractivity contribution in [3.8, 4) is 16.9 Å². The number of methoxy groups -OCH3 is 1. The van der Waals surface area contributed by atoms with Gasteiger partial charge in [0.05, 0.1) is 19.0 Å². The van der Waals surface area contributed by atoms with Crippen LogP contribution in [0.5, 0.6) is 5.75 Å². The van der Waals surface area contributed by atoms with Crippen LogP contribution < -0.4 is 10.5 Å². The Balaban J connectivity index is 2.63. The molecule has 2 N–H and O–H groups in total. The monoisotopic (exact) mass is 218 g/mol. The van der Waals surface area contributed by atoms with Crippen LogP contribution in [-0.2, 0) is 0 Å². The van der Waals surface area contributed by atoms with Crippen molar-refractivity contribution in [3.63, 3.8) is 0 Å². The van der Waals surface area contributed by atoms with Crippen LogP contribution in [0.3, 0.4) is 0 Å². The van der Waals surface area contributed by atoms with Crippen LogP contribution in [0.4, 0.5) is 10.1 Å². The molecule has 0 atom stereocenters. The number of halogens is 1. The van der Waals surface area contributed by atoms with E-state index in [1.807, 2.05) is 0 Å². The molecular weight excluding hydrogens is 207 g/mol. The Labute approximate surface area is 92.7 Å². The molecule has 1 aromatic heterocycles. The van der Waals surface area contributed by atoms with Crippen molar-refractivity contribution < 1.29 is 9.13 Å². The van der Waals surface area contributed by atoms with Crippen LogP contribution in [0.2, 0.25) is 0 Å². The first kappa shape index (κ1) is 10.4. The Kier molecular flexibility index (Phi) is 2.72. The van der Waals surface area contributed by atoms with Gasteiger partial charge in [-0.05, 0) is 24.3 Å². The average molecular weight is 218 g/mol. The standard InChI is InChI=1S/C12H11FN2O/c1-16-12-3-2-8(13)6-10(12)9-4-5-15-7-11(9)14/h2-7H,14H2,1H3. The summed E-state index contributed by atoms with van der Waals surface area (Å²) in [6, 6.07) is 6.04. The molecule has 82 valence electrons. The van der Waals surface area contributed by atoms with Crippen LogP contribution in [0.25, 0.3) is 11.1 Å². The minimum atomic E-state index is -0.327. The number of pyridine rings is 1. The first-order valence-electron chi connectivity index (χ1n) is 4.76. The summed E-state index contributed by atoms with van der Waals surface area (Å²) >= 11 is 0. The number of aromatic nitrogens is 1. The van der Waals surface area contributed by atoms with Gasteiger partial charge < -0.3 is 10.5 Å². The number of ether oxygens (including phenoxy) is 1. The van der Waals surface area contributed by atoms with Gasteiger partial charge in [-0.2, -0.15) is 0 Å². The van der Waals surface area contributed by atoms with E-state index in [1.54, 1.807) is 18.3 Å². The summed E-state index contributed by atoms with van der Waals surface area (Å²) < 4.78 is 18.4. The molecule has 0 spiro atoms. The first-order chi connectivity index (χ1) is 7.72. The Morgan fingerprint density at radius 1 is 1.25 bits per heavy atom. The second-order valence-corrected chi connectivity index (χ2v) is 3.31. The molecule has 0 saturated carbocycles. The minimum absolute atomic E-state index is 0.327. The smallest absolute Gasteiger partial charge is 0.126 e. The highest BCUT2D eigenvalue weighted by atomic mass is 19.1. The highest BCUT2D eigenvalue weighted by Gasteiger charge is 2.09. The number of rotatable bonds is 2. The lowest BCUT2D eigenvalue weighted by molar-refractivity contribution is 0.415. The number of hydrogen-bond donors (Lipinski definition) is 1. The van der Waals surface area contributed by atoms with Crippen molar-refractivity contribution in [2.45, 2.75) is 0 Å². The third-order valence-electron chi connectivity index (χ3n) is 2.30. The molecule has 0 aliphatic heterocycles. The van der Waals surface area contributed by atoms with E-state index in [-0.39, 0.29) is 5.82 Å². The van der Waals surface area contributed by atoms with Gasteiger partial charge in [0.1, 0.15) is 11.6 Å². The van der Waals surface area contributed by atoms with E-state index < -0.39 is 0 Å². The molecule has 2 aromatic rings. The lowest BCUT2D eigenvalue weighted by Gasteiger charge is -2.10. The second-order valence-electron chi connectivity index (χ2n) is 3.31. The zero-order chi connectivity index (χ0) is 11.5. The lowest BCUT2D eigenvalue weighted by atomic mass is 10.0. The van der Waals surface area contributed by atoms with Crippen LogP contribution in [0, 0.1) is 5.82 Å². The summed E-state index contributed by atoms with van der Waals surface area (Å²) in [5.74, 6) is 0.256. The Morgan fingerprint density at radius 2 is 2.06 bits per heavy atom. The number of benzene rings is 1. The molecule has 1 heterocycles. The molecule has 0 aliphatic carbocycles. The zero-order valence-electron chi connectivity index (χ0n) is 8.77. The van der Waals surface area contributed by atoms with Crippen molar-refractivity contribution in [1.82, 2.24) is 4.98 Å². The topological polar surface area (TPSA) is 48.1 Å². The van der Waals surface area contributed by atoms with E-state index in [0.717, 1.165) is 0 Å². The van der Waals surface area contributed by atoms with Crippen molar-refractivity contribution in [2.24, 2.45) is 0 Å². The number of nitrogen functional groups attached to an aromatic ring is 1. The highest BCUT2D eigenvalue weighted by molar-refractivity contribution is 5.79. The fourth-order valence-electron chi connectivity index (χ4n) is 1.54. The van der Waals surface area contributed by atoms with Gasteiger partial charge in [-0.25, -0.2) is 4.39 Å². The van der Waals surface area contributed by atoms with Crippen LogP contribution in [0.15, 0.2) is 36.7 Å². The number of nitrogens with zero attached hydrogens (tertiary/aromatic N) is 1. The first-order valence-corrected chi connectivity index (χ1v) is 4.76. The lowest BCUT2D eigenvalue weighted by Crippen LogP contribution is -1.94. The molecule has 0 fully saturated rings. The number of anilines is 1. The normalized spacial score (nSPS) is 10.1. The van der Waals surface area contributed by atoms with Gasteiger partial charge >= 0.3 is 0 Å². The van der Waals surface area contributed by atoms with Crippen molar-refractivity contribution in [3.05, 3.63) is 42.5 Å². The summed E-state index contributed by atoms with van der Waals surface area (Å²) in [4.78, 5) is 3.89. The van der Waals surface area contributed by atoms with Crippen LogP contribution >= 0.6 is 0 Å². The molecule has 0 amide bonds. The van der Waals surface area contributed by atoms with Crippen molar-refractivity contribution in [1.29, 1.82) is 0 Å². The average Bonchev–Trinajstić information content (AvgIpc) is 2.29. The maximum atomic E-state index is 13.2. The van der Waals surface area contributed by atoms with E-state index >= 15 is 0 Å². The van der Waals surface area contributed by atoms with E-state index in [9.17, 15) is 4.39 Å². The summed E-state index contributed by atoms with van der Waals surface area (Å²) in [6.45, 7) is 0. The summed E-state index contributed by atoms with van der Waals surface area (Å²) in [7, 11) is 1.54. The Bertz CT molecular complexity index is 514. The molecule has 2 rings (SSSR count). The maximum absolute atomic E-state index is 13.2. The molecular formula is C12H11FN2O. The van der Waals surface area contributed by atoms with Gasteiger partial charge in [0.15, 0.2) is 0 Å². The predicted octanol–water partition coefficient (Wildman–Crippen LogP) is 2.48. The Morgan fingerprint density at radius 3 is 2.75 bits per heavy atom. The molecule has 0 unspecified atom stereocenters.